The Bertz CT molecular complexity index is 1020. The van der Waals surface area contributed by atoms with E-state index in [-0.39, 0.29) is 12.5 Å². The molecule has 0 aliphatic carbocycles. The number of benzene rings is 2. The predicted octanol–water partition coefficient (Wildman–Crippen LogP) is 2.80. The first-order valence-corrected chi connectivity index (χ1v) is 10.8. The van der Waals surface area contributed by atoms with Gasteiger partial charge in [0, 0.05) is 51.2 Å². The zero-order chi connectivity index (χ0) is 22.3. The van der Waals surface area contributed by atoms with Gasteiger partial charge in [0.05, 0.1) is 12.3 Å². The monoisotopic (exact) mass is 432 g/mol. The van der Waals surface area contributed by atoms with Crippen LogP contribution in [0.15, 0.2) is 67.1 Å². The Morgan fingerprint density at radius 1 is 1.12 bits per heavy atom. The summed E-state index contributed by atoms with van der Waals surface area (Å²) in [6, 6.07) is 15.5. The van der Waals surface area contributed by atoms with Gasteiger partial charge in [-0.1, -0.05) is 30.3 Å². The maximum atomic E-state index is 12.9. The Hall–Kier alpha value is -3.29. The summed E-state index contributed by atoms with van der Waals surface area (Å²) in [5, 5.41) is 10.7. The standard InChI is InChI=1S/C25H28N4O3/c1-28(17-22(30)18-29-13-9-19-5-2-3-6-20(19)10-14-29)25(31)21-7-4-8-23(15-21)32-24-16-26-11-12-27-24/h2-8,11-12,15-16,22,30H,9-10,13-14,17-18H2,1H3. The molecule has 1 aliphatic rings. The number of β-amino-alcohol motifs (C(OH)–C–C–N with tert-alkyl or cyclic N) is 1. The number of carbonyl (C=O) groups is 1. The van der Waals surface area contributed by atoms with E-state index in [0.717, 1.165) is 25.9 Å². The molecule has 0 fully saturated rings. The number of nitrogens with zero attached hydrogens (tertiary/aromatic N) is 4. The number of ether oxygens (including phenoxy) is 1. The summed E-state index contributed by atoms with van der Waals surface area (Å²) >= 11 is 0. The van der Waals surface area contributed by atoms with Crippen LogP contribution in [-0.2, 0) is 12.8 Å². The van der Waals surface area contributed by atoms with Crippen molar-refractivity contribution in [2.75, 3.05) is 33.2 Å². The highest BCUT2D eigenvalue weighted by Crippen LogP contribution is 2.20. The van der Waals surface area contributed by atoms with Gasteiger partial charge in [-0.25, -0.2) is 4.98 Å². The van der Waals surface area contributed by atoms with E-state index in [2.05, 4.69) is 39.1 Å². The van der Waals surface area contributed by atoms with Crippen LogP contribution < -0.4 is 4.74 Å². The smallest absolute Gasteiger partial charge is 0.253 e. The van der Waals surface area contributed by atoms with Crippen LogP contribution >= 0.6 is 0 Å². The van der Waals surface area contributed by atoms with Crippen molar-refractivity contribution in [1.82, 2.24) is 19.8 Å². The first kappa shape index (κ1) is 21.9. The molecule has 0 radical (unpaired) electrons. The molecule has 2 aromatic carbocycles. The summed E-state index contributed by atoms with van der Waals surface area (Å²) in [5.74, 6) is 0.701. The maximum Gasteiger partial charge on any atom is 0.253 e. The lowest BCUT2D eigenvalue weighted by Gasteiger charge is -2.26. The van der Waals surface area contributed by atoms with Crippen LogP contribution in [0, 0.1) is 0 Å². The zero-order valence-electron chi connectivity index (χ0n) is 18.2. The molecule has 0 spiro atoms. The van der Waals surface area contributed by atoms with Crippen LogP contribution in [0.1, 0.15) is 21.5 Å². The highest BCUT2D eigenvalue weighted by molar-refractivity contribution is 5.94. The lowest BCUT2D eigenvalue weighted by atomic mass is 10.0. The molecule has 3 aromatic rings. The Balaban J connectivity index is 1.31. The van der Waals surface area contributed by atoms with Crippen LogP contribution in [0.2, 0.25) is 0 Å². The van der Waals surface area contributed by atoms with Crippen molar-refractivity contribution < 1.29 is 14.6 Å². The Labute approximate surface area is 188 Å². The van der Waals surface area contributed by atoms with Crippen molar-refractivity contribution in [3.63, 3.8) is 0 Å². The lowest BCUT2D eigenvalue weighted by molar-refractivity contribution is 0.0591. The minimum absolute atomic E-state index is 0.170. The molecule has 0 bridgehead atoms. The number of aliphatic hydroxyl groups is 1. The van der Waals surface area contributed by atoms with E-state index in [1.807, 2.05) is 0 Å². The largest absolute Gasteiger partial charge is 0.437 e. The normalized spacial score (nSPS) is 14.8. The number of rotatable bonds is 7. The predicted molar refractivity (Wildman–Crippen MR) is 122 cm³/mol. The van der Waals surface area contributed by atoms with Crippen molar-refractivity contribution in [3.05, 3.63) is 83.8 Å². The molecule has 7 nitrogen and oxygen atoms in total. The minimum Gasteiger partial charge on any atom is -0.437 e. The number of aromatic nitrogens is 2. The summed E-state index contributed by atoms with van der Waals surface area (Å²) in [6.45, 7) is 2.62. The van der Waals surface area contributed by atoms with Crippen molar-refractivity contribution >= 4 is 5.91 Å². The van der Waals surface area contributed by atoms with E-state index in [9.17, 15) is 9.90 Å². The van der Waals surface area contributed by atoms with Gasteiger partial charge in [-0.3, -0.25) is 9.78 Å². The number of amides is 1. The highest BCUT2D eigenvalue weighted by Gasteiger charge is 2.20. The number of hydrogen-bond donors (Lipinski definition) is 1. The van der Waals surface area contributed by atoms with Gasteiger partial charge < -0.3 is 19.6 Å². The van der Waals surface area contributed by atoms with Gasteiger partial charge in [0.2, 0.25) is 5.88 Å². The fourth-order valence-corrected chi connectivity index (χ4v) is 4.02. The molecule has 0 saturated heterocycles. The third kappa shape index (κ3) is 5.69. The average molecular weight is 433 g/mol. The minimum atomic E-state index is -0.621. The fourth-order valence-electron chi connectivity index (χ4n) is 4.02. The fraction of sp³-hybridized carbons (Fsp3) is 0.320. The maximum absolute atomic E-state index is 12.9. The number of carbonyl (C=O) groups excluding carboxylic acids is 1. The molecular formula is C25H28N4O3. The quantitative estimate of drug-likeness (QED) is 0.619. The molecule has 1 N–H and O–H groups in total. The summed E-state index contributed by atoms with van der Waals surface area (Å²) in [5.41, 5.74) is 3.27. The van der Waals surface area contributed by atoms with Crippen molar-refractivity contribution in [3.8, 4) is 11.6 Å². The van der Waals surface area contributed by atoms with Gasteiger partial charge in [-0.05, 0) is 42.2 Å². The highest BCUT2D eigenvalue weighted by atomic mass is 16.5. The van der Waals surface area contributed by atoms with Gasteiger partial charge in [-0.2, -0.15) is 0 Å². The Kier molecular flexibility index (Phi) is 7.09. The van der Waals surface area contributed by atoms with Gasteiger partial charge in [0.1, 0.15) is 5.75 Å². The molecule has 1 unspecified atom stereocenters. The second-order valence-electron chi connectivity index (χ2n) is 8.08. The summed E-state index contributed by atoms with van der Waals surface area (Å²) < 4.78 is 5.67. The molecule has 0 saturated carbocycles. The van der Waals surface area contributed by atoms with E-state index in [1.54, 1.807) is 48.6 Å². The molecule has 32 heavy (non-hydrogen) atoms. The molecule has 1 aliphatic heterocycles. The van der Waals surface area contributed by atoms with E-state index in [1.165, 1.54) is 17.3 Å². The average Bonchev–Trinajstić information content (AvgIpc) is 3.02. The van der Waals surface area contributed by atoms with Crippen LogP contribution in [-0.4, -0.2) is 70.1 Å². The second kappa shape index (κ2) is 10.3. The van der Waals surface area contributed by atoms with Crippen molar-refractivity contribution in [2.24, 2.45) is 0 Å². The number of hydrogen-bond acceptors (Lipinski definition) is 6. The molecule has 1 amide bonds. The summed E-state index contributed by atoms with van der Waals surface area (Å²) in [4.78, 5) is 24.8. The number of fused-ring (bicyclic) bond motifs is 1. The first-order chi connectivity index (χ1) is 15.6. The number of likely N-dealkylation sites (N-methyl/N-ethyl adjacent to an activating group) is 1. The van der Waals surface area contributed by atoms with Gasteiger partial charge >= 0.3 is 0 Å². The van der Waals surface area contributed by atoms with Crippen LogP contribution in [0.3, 0.4) is 0 Å². The molecule has 166 valence electrons. The summed E-state index contributed by atoms with van der Waals surface area (Å²) in [7, 11) is 1.71. The first-order valence-electron chi connectivity index (χ1n) is 10.8. The van der Waals surface area contributed by atoms with Gasteiger partial charge in [0.25, 0.3) is 5.91 Å². The van der Waals surface area contributed by atoms with E-state index < -0.39 is 6.10 Å². The van der Waals surface area contributed by atoms with E-state index in [4.69, 9.17) is 4.74 Å². The van der Waals surface area contributed by atoms with Crippen LogP contribution in [0.25, 0.3) is 0 Å². The second-order valence-corrected chi connectivity index (χ2v) is 8.08. The van der Waals surface area contributed by atoms with E-state index in [0.29, 0.717) is 23.7 Å². The van der Waals surface area contributed by atoms with E-state index >= 15 is 0 Å². The molecule has 2 heterocycles. The molecular weight excluding hydrogens is 404 g/mol. The SMILES string of the molecule is CN(CC(O)CN1CCc2ccccc2CC1)C(=O)c1cccc(Oc2cnccn2)c1. The lowest BCUT2D eigenvalue weighted by Crippen LogP contribution is -2.41. The Morgan fingerprint density at radius 2 is 1.88 bits per heavy atom. The van der Waals surface area contributed by atoms with Crippen LogP contribution in [0.5, 0.6) is 11.6 Å². The molecule has 4 rings (SSSR count). The molecule has 1 atom stereocenters. The Morgan fingerprint density at radius 3 is 2.56 bits per heavy atom. The zero-order valence-corrected chi connectivity index (χ0v) is 18.2. The van der Waals surface area contributed by atoms with Crippen molar-refractivity contribution in [1.29, 1.82) is 0 Å². The molecule has 7 heteroatoms. The topological polar surface area (TPSA) is 78.8 Å². The summed E-state index contributed by atoms with van der Waals surface area (Å²) in [6.07, 6.45) is 5.97. The van der Waals surface area contributed by atoms with Crippen LogP contribution in [0.4, 0.5) is 0 Å². The van der Waals surface area contributed by atoms with Crippen molar-refractivity contribution in [2.45, 2.75) is 18.9 Å². The molecule has 1 aromatic heterocycles. The van der Waals surface area contributed by atoms with Gasteiger partial charge in [-0.15, -0.1) is 0 Å². The third-order valence-electron chi connectivity index (χ3n) is 5.66. The van der Waals surface area contributed by atoms with Gasteiger partial charge in [0.15, 0.2) is 0 Å². The third-order valence-corrected chi connectivity index (χ3v) is 5.66. The number of aliphatic hydroxyl groups excluding tert-OH is 1.